The first-order valence-corrected chi connectivity index (χ1v) is 4.22. The fourth-order valence-corrected chi connectivity index (χ4v) is 1.38. The van der Waals surface area contributed by atoms with Gasteiger partial charge in [-0.05, 0) is 13.8 Å². The summed E-state index contributed by atoms with van der Waals surface area (Å²) in [7, 11) is 0. The highest BCUT2D eigenvalue weighted by atomic mass is 15.2. The largest absolute Gasteiger partial charge is 0.324 e. The molecule has 0 atom stereocenters. The minimum absolute atomic E-state index is 0.0582. The maximum Gasteiger partial charge on any atom is 0.0261 e. The van der Waals surface area contributed by atoms with Crippen LogP contribution >= 0.6 is 0 Å². The summed E-state index contributed by atoms with van der Waals surface area (Å²) in [5, 5.41) is 4.27. The SMILES string of the molecule is CC(C)(N)CN1CC[N]CC1. The van der Waals surface area contributed by atoms with Gasteiger partial charge in [-0.1, -0.05) is 0 Å². The molecule has 65 valence electrons. The second-order valence-electron chi connectivity index (χ2n) is 3.94. The summed E-state index contributed by atoms with van der Waals surface area (Å²) in [6.07, 6.45) is 0. The van der Waals surface area contributed by atoms with Gasteiger partial charge in [0.2, 0.25) is 0 Å². The fraction of sp³-hybridized carbons (Fsp3) is 1.00. The smallest absolute Gasteiger partial charge is 0.0261 e. The number of hydrogen-bond donors (Lipinski definition) is 1. The Morgan fingerprint density at radius 1 is 1.36 bits per heavy atom. The van der Waals surface area contributed by atoms with Gasteiger partial charge in [-0.25, -0.2) is 5.32 Å². The van der Waals surface area contributed by atoms with Crippen LogP contribution in [0.25, 0.3) is 0 Å². The third kappa shape index (κ3) is 3.70. The molecule has 1 aliphatic rings. The van der Waals surface area contributed by atoms with Crippen LogP contribution in [-0.2, 0) is 0 Å². The molecule has 1 aliphatic heterocycles. The maximum absolute atomic E-state index is 5.89. The Kier molecular flexibility index (Phi) is 2.87. The van der Waals surface area contributed by atoms with Gasteiger partial charge in [-0.2, -0.15) is 0 Å². The predicted molar refractivity (Wildman–Crippen MR) is 46.6 cm³/mol. The molecule has 0 unspecified atom stereocenters. The fourth-order valence-electron chi connectivity index (χ4n) is 1.38. The van der Waals surface area contributed by atoms with Crippen LogP contribution in [-0.4, -0.2) is 43.2 Å². The van der Waals surface area contributed by atoms with Crippen molar-refractivity contribution in [3.8, 4) is 0 Å². The Balaban J connectivity index is 2.24. The van der Waals surface area contributed by atoms with Gasteiger partial charge in [-0.15, -0.1) is 0 Å². The lowest BCUT2D eigenvalue weighted by Gasteiger charge is -2.32. The molecular formula is C8H18N3. The van der Waals surface area contributed by atoms with E-state index in [4.69, 9.17) is 5.73 Å². The molecule has 1 saturated heterocycles. The summed E-state index contributed by atoms with van der Waals surface area (Å²) >= 11 is 0. The van der Waals surface area contributed by atoms with E-state index in [1.54, 1.807) is 0 Å². The van der Waals surface area contributed by atoms with E-state index in [0.717, 1.165) is 32.7 Å². The number of piperazine rings is 1. The third-order valence-electron chi connectivity index (χ3n) is 1.78. The highest BCUT2D eigenvalue weighted by molar-refractivity contribution is 4.79. The lowest BCUT2D eigenvalue weighted by atomic mass is 10.1. The second-order valence-corrected chi connectivity index (χ2v) is 3.94. The molecule has 2 N–H and O–H groups in total. The first-order valence-electron chi connectivity index (χ1n) is 4.22. The molecule has 11 heavy (non-hydrogen) atoms. The molecule has 1 rings (SSSR count). The molecule has 1 fully saturated rings. The average Bonchev–Trinajstić information content (AvgIpc) is 1.85. The number of nitrogens with zero attached hydrogens (tertiary/aromatic N) is 2. The second kappa shape index (κ2) is 3.52. The molecule has 1 heterocycles. The van der Waals surface area contributed by atoms with Crippen LogP contribution in [0.3, 0.4) is 0 Å². The molecule has 0 aromatic carbocycles. The zero-order valence-corrected chi connectivity index (χ0v) is 7.51. The van der Waals surface area contributed by atoms with Gasteiger partial charge in [0.05, 0.1) is 0 Å². The highest BCUT2D eigenvalue weighted by Crippen LogP contribution is 2.02. The number of nitrogens with two attached hydrogens (primary N) is 1. The predicted octanol–water partition coefficient (Wildman–Crippen LogP) is -0.356. The van der Waals surface area contributed by atoms with Gasteiger partial charge >= 0.3 is 0 Å². The first kappa shape index (κ1) is 8.97. The standard InChI is InChI=1S/C8H18N3/c1-8(2,9)7-11-5-3-10-4-6-11/h3-7,9H2,1-2H3. The van der Waals surface area contributed by atoms with Gasteiger partial charge < -0.3 is 5.73 Å². The van der Waals surface area contributed by atoms with E-state index in [0.29, 0.717) is 0 Å². The van der Waals surface area contributed by atoms with E-state index < -0.39 is 0 Å². The zero-order chi connectivity index (χ0) is 8.32. The topological polar surface area (TPSA) is 43.4 Å². The van der Waals surface area contributed by atoms with Crippen LogP contribution in [0.4, 0.5) is 0 Å². The maximum atomic E-state index is 5.89. The van der Waals surface area contributed by atoms with Gasteiger partial charge in [-0.3, -0.25) is 4.90 Å². The number of rotatable bonds is 2. The van der Waals surface area contributed by atoms with E-state index in [1.165, 1.54) is 0 Å². The van der Waals surface area contributed by atoms with Gasteiger partial charge in [0.1, 0.15) is 0 Å². The van der Waals surface area contributed by atoms with Crippen molar-refractivity contribution in [1.82, 2.24) is 10.2 Å². The quantitative estimate of drug-likeness (QED) is 0.593. The molecule has 0 aliphatic carbocycles. The van der Waals surface area contributed by atoms with E-state index >= 15 is 0 Å². The minimum Gasteiger partial charge on any atom is -0.324 e. The normalized spacial score (nSPS) is 22.1. The molecule has 0 saturated carbocycles. The summed E-state index contributed by atoms with van der Waals surface area (Å²) in [6, 6.07) is 0. The average molecular weight is 156 g/mol. The van der Waals surface area contributed by atoms with Crippen LogP contribution in [0, 0.1) is 0 Å². The van der Waals surface area contributed by atoms with Gasteiger partial charge in [0, 0.05) is 38.3 Å². The lowest BCUT2D eigenvalue weighted by molar-refractivity contribution is 0.200. The molecular weight excluding hydrogens is 138 g/mol. The van der Waals surface area contributed by atoms with Crippen molar-refractivity contribution >= 4 is 0 Å². The van der Waals surface area contributed by atoms with Crippen molar-refractivity contribution in [2.75, 3.05) is 32.7 Å². The zero-order valence-electron chi connectivity index (χ0n) is 7.51. The molecule has 3 heteroatoms. The van der Waals surface area contributed by atoms with Crippen LogP contribution in [0.15, 0.2) is 0 Å². The Morgan fingerprint density at radius 2 is 1.91 bits per heavy atom. The summed E-state index contributed by atoms with van der Waals surface area (Å²) in [6.45, 7) is 9.26. The van der Waals surface area contributed by atoms with E-state index in [9.17, 15) is 0 Å². The van der Waals surface area contributed by atoms with Crippen molar-refractivity contribution in [2.45, 2.75) is 19.4 Å². The first-order chi connectivity index (χ1) is 5.08. The van der Waals surface area contributed by atoms with E-state index in [-0.39, 0.29) is 5.54 Å². The molecule has 0 amide bonds. The Labute approximate surface area is 68.9 Å². The molecule has 0 aromatic rings. The monoisotopic (exact) mass is 156 g/mol. The molecule has 3 nitrogen and oxygen atoms in total. The van der Waals surface area contributed by atoms with Crippen molar-refractivity contribution in [3.63, 3.8) is 0 Å². The highest BCUT2D eigenvalue weighted by Gasteiger charge is 2.18. The lowest BCUT2D eigenvalue weighted by Crippen LogP contribution is -2.50. The molecule has 0 spiro atoms. The van der Waals surface area contributed by atoms with E-state index in [1.807, 2.05) is 0 Å². The van der Waals surface area contributed by atoms with E-state index in [2.05, 4.69) is 24.1 Å². The van der Waals surface area contributed by atoms with Crippen molar-refractivity contribution in [3.05, 3.63) is 0 Å². The summed E-state index contributed by atoms with van der Waals surface area (Å²) in [5.74, 6) is 0. The van der Waals surface area contributed by atoms with Crippen LogP contribution < -0.4 is 11.1 Å². The van der Waals surface area contributed by atoms with Gasteiger partial charge in [0.15, 0.2) is 0 Å². The Bertz CT molecular complexity index is 111. The van der Waals surface area contributed by atoms with Gasteiger partial charge in [0.25, 0.3) is 0 Å². The minimum atomic E-state index is -0.0582. The summed E-state index contributed by atoms with van der Waals surface area (Å²) in [5.41, 5.74) is 5.84. The summed E-state index contributed by atoms with van der Waals surface area (Å²) < 4.78 is 0. The Morgan fingerprint density at radius 3 is 2.36 bits per heavy atom. The summed E-state index contributed by atoms with van der Waals surface area (Å²) in [4.78, 5) is 2.38. The van der Waals surface area contributed by atoms with Crippen LogP contribution in [0.5, 0.6) is 0 Å². The molecule has 0 bridgehead atoms. The van der Waals surface area contributed by atoms with Crippen molar-refractivity contribution in [2.24, 2.45) is 5.73 Å². The number of hydrogen-bond acceptors (Lipinski definition) is 2. The molecule has 0 aromatic heterocycles. The van der Waals surface area contributed by atoms with Crippen LogP contribution in [0.1, 0.15) is 13.8 Å². The Hall–Kier alpha value is -0.120. The van der Waals surface area contributed by atoms with Crippen molar-refractivity contribution in [1.29, 1.82) is 0 Å². The van der Waals surface area contributed by atoms with Crippen LogP contribution in [0.2, 0.25) is 0 Å². The third-order valence-corrected chi connectivity index (χ3v) is 1.78. The van der Waals surface area contributed by atoms with Crippen molar-refractivity contribution < 1.29 is 0 Å². The molecule has 1 radical (unpaired) electrons.